The molecule has 0 fully saturated rings. The highest BCUT2D eigenvalue weighted by Crippen LogP contribution is 2.51. The van der Waals surface area contributed by atoms with Crippen LogP contribution in [0.1, 0.15) is 37.5 Å². The molecule has 0 amide bonds. The topological polar surface area (TPSA) is 32.7 Å². The maximum Gasteiger partial charge on any atom is 0.252 e. The lowest BCUT2D eigenvalue weighted by atomic mass is 9.33. The summed E-state index contributed by atoms with van der Waals surface area (Å²) in [6.07, 6.45) is 0. The van der Waals surface area contributed by atoms with Crippen LogP contribution in [0.25, 0.3) is 110 Å². The maximum absolute atomic E-state index is 7.87. The van der Waals surface area contributed by atoms with E-state index in [1.165, 1.54) is 137 Å². The van der Waals surface area contributed by atoms with Crippen LogP contribution in [0.4, 0.5) is 68.2 Å². The second-order valence-corrected chi connectivity index (χ2v) is 35.4. The number of halogens is 1. The number of hydrogen-bond acceptors (Lipinski definition) is 4. The Morgan fingerprint density at radius 1 is 0.231 bits per heavy atom. The molecule has 19 aromatic carbocycles. The Bertz CT molecular complexity index is 7630. The first-order valence-electron chi connectivity index (χ1n) is 44.8. The van der Waals surface area contributed by atoms with Crippen molar-refractivity contribution in [1.29, 1.82) is 0 Å². The van der Waals surface area contributed by atoms with Gasteiger partial charge in [-0.2, -0.15) is 0 Å². The number of benzene rings is 19. The summed E-state index contributed by atoms with van der Waals surface area (Å²) in [5.74, 6) is 0. The molecule has 0 radical (unpaired) electrons. The molecule has 0 saturated carbocycles. The van der Waals surface area contributed by atoms with E-state index in [1.807, 2.05) is 0 Å². The number of aryl methyl sites for hydroxylation is 2. The molecule has 10 heteroatoms. The highest BCUT2D eigenvalue weighted by Gasteiger charge is 2.44. The van der Waals surface area contributed by atoms with E-state index in [2.05, 4.69) is 527 Å². The number of anilines is 12. The van der Waals surface area contributed by atoms with Crippen LogP contribution >= 0.6 is 11.6 Å². The predicted octanol–water partition coefficient (Wildman–Crippen LogP) is 31.0. The first-order chi connectivity index (χ1) is 63.9. The van der Waals surface area contributed by atoms with E-state index in [4.69, 9.17) is 11.6 Å². The lowest BCUT2D eigenvalue weighted by Gasteiger charge is -2.44. The van der Waals surface area contributed by atoms with Gasteiger partial charge in [0.05, 0.1) is 60.5 Å². The number of para-hydroxylation sites is 12. The van der Waals surface area contributed by atoms with Gasteiger partial charge in [0.2, 0.25) is 0 Å². The SMILES string of the molecule is CC(C)(C)c1ccccc1.Cc1cc(N(c2ccccc2)c2cccc(-n3c4ccccc4c4ccccc43)c2)c(Cl)c(N(c2ccccc2)c2cccc(-n3c4ccccc4c4ccccc43)c2)c1.Cc1cc2c3c(c1)N(c1ccccc1)c1cc(-n4c5ccccc5c5ccccc54)ccc1B3c1ccc(-n3c4ccccc4c4ccccc43)cc1N2c1ccccc1. The molecule has 0 bridgehead atoms. The van der Waals surface area contributed by atoms with E-state index in [1.54, 1.807) is 0 Å². The summed E-state index contributed by atoms with van der Waals surface area (Å²) < 4.78 is 9.61. The van der Waals surface area contributed by atoms with Gasteiger partial charge in [0.15, 0.2) is 0 Å². The highest BCUT2D eigenvalue weighted by molar-refractivity contribution is 7.00. The smallest absolute Gasteiger partial charge is 0.252 e. The number of aromatic nitrogens is 4. The van der Waals surface area contributed by atoms with Crippen molar-refractivity contribution in [2.24, 2.45) is 0 Å². The molecule has 25 rings (SSSR count). The van der Waals surface area contributed by atoms with E-state index in [0.29, 0.717) is 10.4 Å². The van der Waals surface area contributed by atoms with Gasteiger partial charge in [-0.3, -0.25) is 0 Å². The van der Waals surface area contributed by atoms with Gasteiger partial charge in [-0.25, -0.2) is 0 Å². The minimum atomic E-state index is -0.0000689. The number of rotatable bonds is 12. The molecule has 0 spiro atoms. The van der Waals surface area contributed by atoms with Crippen molar-refractivity contribution in [2.75, 3.05) is 19.6 Å². The van der Waals surface area contributed by atoms with E-state index < -0.39 is 0 Å². The van der Waals surface area contributed by atoms with E-state index >= 15 is 0 Å². The third-order valence-corrected chi connectivity index (χ3v) is 26.5. The maximum atomic E-state index is 7.87. The fourth-order valence-electron chi connectivity index (χ4n) is 20.4. The van der Waals surface area contributed by atoms with Crippen molar-refractivity contribution < 1.29 is 0 Å². The van der Waals surface area contributed by atoms with Gasteiger partial charge in [-0.1, -0.05) is 305 Å². The Kier molecular flexibility index (Phi) is 19.6. The second-order valence-electron chi connectivity index (χ2n) is 35.1. The number of nitrogens with zero attached hydrogens (tertiary/aromatic N) is 8. The Morgan fingerprint density at radius 2 is 0.485 bits per heavy atom. The van der Waals surface area contributed by atoms with Gasteiger partial charge in [0, 0.05) is 123 Å². The lowest BCUT2D eigenvalue weighted by molar-refractivity contribution is 0.590. The zero-order valence-corrected chi connectivity index (χ0v) is 73.6. The van der Waals surface area contributed by atoms with Crippen molar-refractivity contribution in [3.63, 3.8) is 0 Å². The van der Waals surface area contributed by atoms with Crippen molar-refractivity contribution in [3.05, 3.63) is 477 Å². The molecular weight excluding hydrogens is 1600 g/mol. The zero-order valence-electron chi connectivity index (χ0n) is 72.8. The van der Waals surface area contributed by atoms with Gasteiger partial charge in [-0.05, 0) is 234 Å². The van der Waals surface area contributed by atoms with Gasteiger partial charge in [0.25, 0.3) is 6.71 Å². The Morgan fingerprint density at radius 3 is 0.785 bits per heavy atom. The van der Waals surface area contributed by atoms with Crippen LogP contribution in [-0.4, -0.2) is 25.0 Å². The summed E-state index contributed by atoms with van der Waals surface area (Å²) >= 11 is 7.87. The monoisotopic (exact) mass is 1690 g/mol. The molecule has 23 aromatic rings. The molecule has 0 saturated heterocycles. The average Bonchev–Trinajstić information content (AvgIpc) is 1.47. The summed E-state index contributed by atoms with van der Waals surface area (Å²) in [6.45, 7) is 11.1. The molecule has 2 aliphatic rings. The Labute approximate surface area is 762 Å². The van der Waals surface area contributed by atoms with Crippen molar-refractivity contribution in [3.8, 4) is 22.7 Å². The quantitative estimate of drug-likeness (QED) is 0.114. The minimum absolute atomic E-state index is 0.0000689. The van der Waals surface area contributed by atoms with E-state index in [9.17, 15) is 0 Å². The van der Waals surface area contributed by atoms with Crippen molar-refractivity contribution >= 4 is 190 Å². The Hall–Kier alpha value is -16.1. The van der Waals surface area contributed by atoms with E-state index in [0.717, 1.165) is 73.8 Å². The molecule has 8 nitrogen and oxygen atoms in total. The molecule has 0 unspecified atom stereocenters. The number of hydrogen-bond donors (Lipinski definition) is 0. The molecule has 620 valence electrons. The number of fused-ring (bicyclic) bond motifs is 16. The van der Waals surface area contributed by atoms with Crippen LogP contribution in [0.2, 0.25) is 5.02 Å². The minimum Gasteiger partial charge on any atom is -0.311 e. The normalized spacial score (nSPS) is 12.2. The summed E-state index contributed by atoms with van der Waals surface area (Å²) in [6, 6.07) is 164. The first-order valence-corrected chi connectivity index (χ1v) is 45.1. The fraction of sp³-hybridized carbons (Fsp3) is 0.0500. The van der Waals surface area contributed by atoms with Gasteiger partial charge < -0.3 is 37.9 Å². The van der Waals surface area contributed by atoms with Gasteiger partial charge in [-0.15, -0.1) is 0 Å². The van der Waals surface area contributed by atoms with Crippen molar-refractivity contribution in [1.82, 2.24) is 18.3 Å². The van der Waals surface area contributed by atoms with Gasteiger partial charge in [0.1, 0.15) is 0 Å². The third-order valence-electron chi connectivity index (χ3n) is 26.1. The molecule has 4 aromatic heterocycles. The fourth-order valence-corrected chi connectivity index (χ4v) is 20.7. The van der Waals surface area contributed by atoms with Crippen LogP contribution in [0, 0.1) is 13.8 Å². The molecule has 0 aliphatic carbocycles. The Balaban J connectivity index is 0.000000134. The van der Waals surface area contributed by atoms with Gasteiger partial charge >= 0.3 is 0 Å². The van der Waals surface area contributed by atoms with Crippen LogP contribution in [0.15, 0.2) is 455 Å². The van der Waals surface area contributed by atoms with Crippen molar-refractivity contribution in [2.45, 2.75) is 40.0 Å². The standard InChI is InChI=1S/C55H37BN4.C55H39ClN4.C10H14/c1-36-32-53-55-54(33-36)58(38-18-6-3-7-19-38)52-35-40(60-49-26-14-10-22-43(49)44-23-11-15-27-50(44)60)29-31-46(52)56(55)45-30-28-39(34-51(45)57(53)37-16-4-2-5-17-37)59-47-24-12-8-20-41(47)42-21-9-13-25-48(42)59;1-38-34-53(57(39-18-4-2-5-19-39)41-22-16-24-43(36-41)59-49-30-12-8-26-45(49)46-27-9-13-31-50(46)59)55(56)54(35-38)58(40-20-6-3-7-21-40)42-23-17-25-44(37-42)60-51-32-14-10-28-47(51)48-29-11-15-33-52(48)60;1-10(2,3)9-7-5-4-6-8-9/h2-35H,1H3;2-37H,1H3;4-8H,1-3H3. The molecule has 0 N–H and O–H groups in total. The zero-order chi connectivity index (χ0) is 87.2. The summed E-state index contributed by atoms with van der Waals surface area (Å²) in [7, 11) is 0. The lowest BCUT2D eigenvalue weighted by Crippen LogP contribution is -2.61. The molecule has 2 aliphatic heterocycles. The molecular formula is C120H90BClN8. The van der Waals surface area contributed by atoms with Crippen LogP contribution in [0.5, 0.6) is 0 Å². The van der Waals surface area contributed by atoms with Crippen LogP contribution in [-0.2, 0) is 5.41 Å². The highest BCUT2D eigenvalue weighted by atomic mass is 35.5. The molecule has 6 heterocycles. The first kappa shape index (κ1) is 78.6. The average molecular weight is 1690 g/mol. The van der Waals surface area contributed by atoms with Crippen LogP contribution < -0.4 is 36.0 Å². The largest absolute Gasteiger partial charge is 0.311 e. The second kappa shape index (κ2) is 32.4. The summed E-state index contributed by atoms with van der Waals surface area (Å²) in [5.41, 5.74) is 34.7. The molecule has 0 atom stereocenters. The summed E-state index contributed by atoms with van der Waals surface area (Å²) in [4.78, 5) is 9.59. The van der Waals surface area contributed by atoms with E-state index in [-0.39, 0.29) is 6.71 Å². The summed E-state index contributed by atoms with van der Waals surface area (Å²) in [5, 5.41) is 10.6. The van der Waals surface area contributed by atoms with Crippen LogP contribution in [0.3, 0.4) is 0 Å². The third kappa shape index (κ3) is 13.5. The predicted molar refractivity (Wildman–Crippen MR) is 553 cm³/mol. The molecule has 130 heavy (non-hydrogen) atoms.